The van der Waals surface area contributed by atoms with Gasteiger partial charge < -0.3 is 15.4 Å². The molecule has 6 nitrogen and oxygen atoms in total. The number of amides is 2. The van der Waals surface area contributed by atoms with Crippen molar-refractivity contribution in [3.05, 3.63) is 0 Å². The van der Waals surface area contributed by atoms with Crippen molar-refractivity contribution < 1.29 is 32.3 Å². The molecule has 0 fully saturated rings. The first-order chi connectivity index (χ1) is 11.4. The van der Waals surface area contributed by atoms with Gasteiger partial charge in [-0.2, -0.15) is 13.2 Å². The van der Waals surface area contributed by atoms with E-state index in [4.69, 9.17) is 4.74 Å². The molecule has 0 aliphatic carbocycles. The highest BCUT2D eigenvalue weighted by Gasteiger charge is 2.39. The summed E-state index contributed by atoms with van der Waals surface area (Å²) in [6.07, 6.45) is -4.15. The molecule has 0 radical (unpaired) electrons. The molecule has 1 unspecified atom stereocenters. The molecule has 146 valence electrons. The zero-order valence-electron chi connectivity index (χ0n) is 15.1. The Labute approximate surface area is 145 Å². The van der Waals surface area contributed by atoms with Crippen molar-refractivity contribution in [3.63, 3.8) is 0 Å². The molecule has 0 aromatic rings. The quantitative estimate of drug-likeness (QED) is 0.484. The van der Waals surface area contributed by atoms with Crippen molar-refractivity contribution in [1.82, 2.24) is 10.6 Å². The molecular formula is C16H27F3N2O4. The lowest BCUT2D eigenvalue weighted by atomic mass is 10.1. The number of hydrogen-bond donors (Lipinski definition) is 2. The Kier molecular flexibility index (Phi) is 9.51. The van der Waals surface area contributed by atoms with Crippen LogP contribution in [0, 0.1) is 0 Å². The summed E-state index contributed by atoms with van der Waals surface area (Å²) in [4.78, 5) is 35.3. The maximum Gasteiger partial charge on any atom is 0.408 e. The molecule has 0 aliphatic heterocycles. The average Bonchev–Trinajstić information content (AvgIpc) is 2.41. The highest BCUT2D eigenvalue weighted by molar-refractivity contribution is 6.38. The number of ketones is 1. The summed E-state index contributed by atoms with van der Waals surface area (Å²) >= 11 is 0. The van der Waals surface area contributed by atoms with Gasteiger partial charge >= 0.3 is 12.3 Å². The first kappa shape index (κ1) is 23.2. The van der Waals surface area contributed by atoms with Crippen LogP contribution in [0.2, 0.25) is 0 Å². The van der Waals surface area contributed by atoms with Gasteiger partial charge in [0.15, 0.2) is 0 Å². The van der Waals surface area contributed by atoms with Crippen molar-refractivity contribution in [3.8, 4) is 0 Å². The van der Waals surface area contributed by atoms with Crippen molar-refractivity contribution >= 4 is 17.8 Å². The standard InChI is InChI=1S/C16H27F3N2O4/c1-5-6-7-8-9-20-13(23)12(22)11(10-16(17,18)19)21-14(24)25-15(2,3)4/h11H,5-10H2,1-4H3,(H,20,23)(H,21,24). The van der Waals surface area contributed by atoms with E-state index in [1.54, 1.807) is 0 Å². The van der Waals surface area contributed by atoms with Gasteiger partial charge in [0.1, 0.15) is 11.6 Å². The highest BCUT2D eigenvalue weighted by atomic mass is 19.4. The zero-order valence-corrected chi connectivity index (χ0v) is 15.1. The first-order valence-corrected chi connectivity index (χ1v) is 8.24. The number of hydrogen-bond acceptors (Lipinski definition) is 4. The van der Waals surface area contributed by atoms with Crippen LogP contribution in [0.1, 0.15) is 59.8 Å². The van der Waals surface area contributed by atoms with E-state index in [1.807, 2.05) is 12.2 Å². The van der Waals surface area contributed by atoms with Gasteiger partial charge in [-0.1, -0.05) is 26.2 Å². The fourth-order valence-electron chi connectivity index (χ4n) is 1.89. The fraction of sp³-hybridized carbons (Fsp3) is 0.812. The van der Waals surface area contributed by atoms with Crippen LogP contribution in [-0.4, -0.2) is 42.1 Å². The van der Waals surface area contributed by atoms with Crippen LogP contribution in [0.3, 0.4) is 0 Å². The summed E-state index contributed by atoms with van der Waals surface area (Å²) in [5.41, 5.74) is -0.947. The van der Waals surface area contributed by atoms with Crippen LogP contribution in [0.5, 0.6) is 0 Å². The van der Waals surface area contributed by atoms with Gasteiger partial charge in [-0.15, -0.1) is 0 Å². The zero-order chi connectivity index (χ0) is 19.7. The third-order valence-corrected chi connectivity index (χ3v) is 2.98. The van der Waals surface area contributed by atoms with Crippen molar-refractivity contribution in [2.45, 2.75) is 77.6 Å². The molecule has 0 aromatic heterocycles. The van der Waals surface area contributed by atoms with Crippen LogP contribution in [-0.2, 0) is 14.3 Å². The topological polar surface area (TPSA) is 84.5 Å². The molecule has 0 heterocycles. The number of halogens is 3. The summed E-state index contributed by atoms with van der Waals surface area (Å²) < 4.78 is 42.7. The van der Waals surface area contributed by atoms with Gasteiger partial charge in [0.2, 0.25) is 5.78 Å². The third-order valence-electron chi connectivity index (χ3n) is 2.98. The van der Waals surface area contributed by atoms with E-state index >= 15 is 0 Å². The molecule has 2 amide bonds. The average molecular weight is 368 g/mol. The second-order valence-electron chi connectivity index (χ2n) is 6.70. The minimum absolute atomic E-state index is 0.190. The summed E-state index contributed by atoms with van der Waals surface area (Å²) in [5.74, 6) is -2.50. The van der Waals surface area contributed by atoms with Gasteiger partial charge in [-0.25, -0.2) is 4.79 Å². The number of nitrogens with one attached hydrogen (secondary N) is 2. The molecule has 0 rings (SSSR count). The van der Waals surface area contributed by atoms with E-state index in [0.717, 1.165) is 19.3 Å². The Morgan fingerprint density at radius 2 is 1.64 bits per heavy atom. The van der Waals surface area contributed by atoms with Gasteiger partial charge in [0.05, 0.1) is 6.42 Å². The first-order valence-electron chi connectivity index (χ1n) is 8.24. The van der Waals surface area contributed by atoms with Gasteiger partial charge in [0.25, 0.3) is 5.91 Å². The maximum absolute atomic E-state index is 12.6. The second-order valence-corrected chi connectivity index (χ2v) is 6.70. The van der Waals surface area contributed by atoms with E-state index in [0.29, 0.717) is 6.42 Å². The molecule has 0 saturated carbocycles. The van der Waals surface area contributed by atoms with E-state index in [1.165, 1.54) is 20.8 Å². The Balaban J connectivity index is 4.76. The number of unbranched alkanes of at least 4 members (excludes halogenated alkanes) is 3. The predicted molar refractivity (Wildman–Crippen MR) is 86.0 cm³/mol. The highest BCUT2D eigenvalue weighted by Crippen LogP contribution is 2.22. The molecule has 0 bridgehead atoms. The number of carbonyl (C=O) groups excluding carboxylic acids is 3. The largest absolute Gasteiger partial charge is 0.444 e. The molecule has 0 aromatic carbocycles. The van der Waals surface area contributed by atoms with Gasteiger partial charge in [-0.05, 0) is 27.2 Å². The number of alkyl halides is 3. The maximum atomic E-state index is 12.6. The van der Waals surface area contributed by atoms with Crippen LogP contribution in [0.4, 0.5) is 18.0 Å². The van der Waals surface area contributed by atoms with Crippen molar-refractivity contribution in [1.29, 1.82) is 0 Å². The van der Waals surface area contributed by atoms with E-state index in [-0.39, 0.29) is 6.54 Å². The van der Waals surface area contributed by atoms with Gasteiger partial charge in [0, 0.05) is 6.54 Å². The Hall–Kier alpha value is -1.80. The van der Waals surface area contributed by atoms with Crippen molar-refractivity contribution in [2.24, 2.45) is 0 Å². The lowest BCUT2D eigenvalue weighted by molar-refractivity contribution is -0.152. The molecular weight excluding hydrogens is 341 g/mol. The van der Waals surface area contributed by atoms with Gasteiger partial charge in [-0.3, -0.25) is 9.59 Å². The summed E-state index contributed by atoms with van der Waals surface area (Å²) in [5, 5.41) is 4.11. The lowest BCUT2D eigenvalue weighted by Crippen LogP contribution is -2.50. The number of Topliss-reactive ketones (excluding diaryl/α,β-unsaturated/α-hetero) is 1. The molecule has 9 heteroatoms. The van der Waals surface area contributed by atoms with Crippen molar-refractivity contribution in [2.75, 3.05) is 6.54 Å². The smallest absolute Gasteiger partial charge is 0.408 e. The van der Waals surface area contributed by atoms with Crippen LogP contribution in [0.15, 0.2) is 0 Å². The van der Waals surface area contributed by atoms with E-state index < -0.39 is 42.0 Å². The summed E-state index contributed by atoms with van der Waals surface area (Å²) in [7, 11) is 0. The summed E-state index contributed by atoms with van der Waals surface area (Å²) in [6.45, 7) is 6.77. The SMILES string of the molecule is CCCCCCNC(=O)C(=O)C(CC(F)(F)F)NC(=O)OC(C)(C)C. The molecule has 1 atom stereocenters. The number of ether oxygens (including phenoxy) is 1. The lowest BCUT2D eigenvalue weighted by Gasteiger charge is -2.23. The predicted octanol–water partition coefficient (Wildman–Crippen LogP) is 3.10. The Morgan fingerprint density at radius 3 is 2.12 bits per heavy atom. The number of rotatable bonds is 9. The van der Waals surface area contributed by atoms with E-state index in [9.17, 15) is 27.6 Å². The third kappa shape index (κ3) is 12.2. The molecule has 0 spiro atoms. The number of alkyl carbamates (subject to hydrolysis) is 1. The monoisotopic (exact) mass is 368 g/mol. The molecule has 25 heavy (non-hydrogen) atoms. The van der Waals surface area contributed by atoms with E-state index in [2.05, 4.69) is 5.32 Å². The minimum atomic E-state index is -4.73. The van der Waals surface area contributed by atoms with Crippen LogP contribution in [0.25, 0.3) is 0 Å². The minimum Gasteiger partial charge on any atom is -0.444 e. The Morgan fingerprint density at radius 1 is 1.04 bits per heavy atom. The van der Waals surface area contributed by atoms with Crippen LogP contribution >= 0.6 is 0 Å². The second kappa shape index (κ2) is 10.2. The van der Waals surface area contributed by atoms with Crippen LogP contribution < -0.4 is 10.6 Å². The molecule has 0 aliphatic rings. The number of carbonyl (C=O) groups is 3. The Bertz CT molecular complexity index is 459. The normalized spacial score (nSPS) is 13.1. The molecule has 0 saturated heterocycles. The molecule has 2 N–H and O–H groups in total. The fourth-order valence-corrected chi connectivity index (χ4v) is 1.89. The summed E-state index contributed by atoms with van der Waals surface area (Å²) in [6, 6.07) is -2.02.